The largest absolute Gasteiger partial charge is 0.496 e. The molecule has 27 heavy (non-hydrogen) atoms. The van der Waals surface area contributed by atoms with E-state index in [1.54, 1.807) is 7.11 Å². The molecule has 2 fully saturated rings. The smallest absolute Gasteiger partial charge is 0.236 e. The van der Waals surface area contributed by atoms with E-state index in [1.165, 1.54) is 19.3 Å². The molecule has 6 nitrogen and oxygen atoms in total. The van der Waals surface area contributed by atoms with Crippen LogP contribution in [0.15, 0.2) is 30.5 Å². The Bertz CT molecular complexity index is 810. The monoisotopic (exact) mass is 368 g/mol. The molecule has 144 valence electrons. The average Bonchev–Trinajstić information content (AvgIpc) is 3.15. The van der Waals surface area contributed by atoms with Gasteiger partial charge in [-0.1, -0.05) is 31.4 Å². The molecule has 1 aromatic carbocycles. The van der Waals surface area contributed by atoms with Crippen LogP contribution in [-0.4, -0.2) is 58.7 Å². The Morgan fingerprint density at radius 3 is 2.78 bits per heavy atom. The highest BCUT2D eigenvalue weighted by atomic mass is 16.5. The number of amides is 1. The maximum absolute atomic E-state index is 12.5. The summed E-state index contributed by atoms with van der Waals surface area (Å²) in [7, 11) is 3.62. The Balaban J connectivity index is 1.65. The van der Waals surface area contributed by atoms with Gasteiger partial charge in [-0.25, -0.2) is 0 Å². The summed E-state index contributed by atoms with van der Waals surface area (Å²) in [4.78, 5) is 16.8. The van der Waals surface area contributed by atoms with Gasteiger partial charge < -0.3 is 9.64 Å². The summed E-state index contributed by atoms with van der Waals surface area (Å²) in [5.41, 5.74) is 3.19. The highest BCUT2D eigenvalue weighted by molar-refractivity contribution is 5.79. The van der Waals surface area contributed by atoms with Crippen LogP contribution in [-0.2, 0) is 11.3 Å². The van der Waals surface area contributed by atoms with Gasteiger partial charge in [-0.2, -0.15) is 5.10 Å². The molecule has 2 aromatic rings. The lowest BCUT2D eigenvalue weighted by atomic mass is 9.78. The molecular formula is C21H28N4O2. The number of methoxy groups -OCH3 is 1. The van der Waals surface area contributed by atoms with Gasteiger partial charge in [-0.05, 0) is 25.0 Å². The number of rotatable bonds is 4. The van der Waals surface area contributed by atoms with Crippen molar-refractivity contribution in [1.82, 2.24) is 20.0 Å². The number of likely N-dealkylation sites (N-methyl/N-ethyl adjacent to an activating group) is 1. The predicted octanol–water partition coefficient (Wildman–Crippen LogP) is 3.06. The SMILES string of the molecule is COc1ccccc1-c1[nH]ncc1CN1CC(=O)N(C)CC12CCCCC2. The maximum atomic E-state index is 12.5. The van der Waals surface area contributed by atoms with Crippen molar-refractivity contribution in [3.63, 3.8) is 0 Å². The van der Waals surface area contributed by atoms with Crippen LogP contribution >= 0.6 is 0 Å². The molecular weight excluding hydrogens is 340 g/mol. The molecule has 6 heteroatoms. The Morgan fingerprint density at radius 2 is 2.00 bits per heavy atom. The normalized spacial score (nSPS) is 20.2. The Hall–Kier alpha value is -2.34. The zero-order valence-corrected chi connectivity index (χ0v) is 16.2. The minimum atomic E-state index is 0.0935. The predicted molar refractivity (Wildman–Crippen MR) is 104 cm³/mol. The number of hydrogen-bond acceptors (Lipinski definition) is 4. The topological polar surface area (TPSA) is 61.5 Å². The number of piperazine rings is 1. The Morgan fingerprint density at radius 1 is 1.22 bits per heavy atom. The molecule has 2 heterocycles. The molecule has 0 bridgehead atoms. The molecule has 1 aromatic heterocycles. The lowest BCUT2D eigenvalue weighted by Crippen LogP contribution is -2.63. The van der Waals surface area contributed by atoms with Crippen molar-refractivity contribution in [2.45, 2.75) is 44.2 Å². The van der Waals surface area contributed by atoms with E-state index in [-0.39, 0.29) is 11.4 Å². The lowest BCUT2D eigenvalue weighted by Gasteiger charge is -2.51. The second kappa shape index (κ2) is 7.35. The third-order valence-electron chi connectivity index (χ3n) is 6.19. The lowest BCUT2D eigenvalue weighted by molar-refractivity contribution is -0.144. The fourth-order valence-electron chi connectivity index (χ4n) is 4.71. The molecule has 4 rings (SSSR count). The number of H-pyrrole nitrogens is 1. The number of benzene rings is 1. The number of aromatic nitrogens is 2. The van der Waals surface area contributed by atoms with Crippen LogP contribution < -0.4 is 4.74 Å². The van der Waals surface area contributed by atoms with Crippen molar-refractivity contribution >= 4 is 5.91 Å². The number of carbonyl (C=O) groups excluding carboxylic acids is 1. The van der Waals surface area contributed by atoms with Gasteiger partial charge in [0.2, 0.25) is 5.91 Å². The zero-order chi connectivity index (χ0) is 18.9. The molecule has 1 saturated heterocycles. The quantitative estimate of drug-likeness (QED) is 0.901. The Labute approximate surface area is 160 Å². The van der Waals surface area contributed by atoms with Crippen molar-refractivity contribution in [3.8, 4) is 17.0 Å². The highest BCUT2D eigenvalue weighted by Crippen LogP contribution is 2.39. The first-order chi connectivity index (χ1) is 13.1. The van der Waals surface area contributed by atoms with Crippen LogP contribution in [0.3, 0.4) is 0 Å². The van der Waals surface area contributed by atoms with E-state index in [9.17, 15) is 4.79 Å². The van der Waals surface area contributed by atoms with Crippen LogP contribution in [0.25, 0.3) is 11.3 Å². The van der Waals surface area contributed by atoms with Crippen molar-refractivity contribution in [2.24, 2.45) is 0 Å². The molecule has 1 N–H and O–H groups in total. The van der Waals surface area contributed by atoms with Gasteiger partial charge in [0.15, 0.2) is 0 Å². The second-order valence-corrected chi connectivity index (χ2v) is 7.86. The number of nitrogens with one attached hydrogen (secondary N) is 1. The van der Waals surface area contributed by atoms with E-state index in [0.717, 1.165) is 48.5 Å². The van der Waals surface area contributed by atoms with Crippen LogP contribution in [0, 0.1) is 0 Å². The maximum Gasteiger partial charge on any atom is 0.236 e. The van der Waals surface area contributed by atoms with Crippen molar-refractivity contribution in [3.05, 3.63) is 36.0 Å². The molecule has 0 atom stereocenters. The fraction of sp³-hybridized carbons (Fsp3) is 0.524. The second-order valence-electron chi connectivity index (χ2n) is 7.86. The number of ether oxygens (including phenoxy) is 1. The average molecular weight is 368 g/mol. The van der Waals surface area contributed by atoms with E-state index in [2.05, 4.69) is 15.1 Å². The molecule has 0 radical (unpaired) electrons. The van der Waals surface area contributed by atoms with Gasteiger partial charge in [0.25, 0.3) is 0 Å². The minimum Gasteiger partial charge on any atom is -0.496 e. The molecule has 1 amide bonds. The molecule has 1 aliphatic carbocycles. The fourth-order valence-corrected chi connectivity index (χ4v) is 4.71. The van der Waals surface area contributed by atoms with Gasteiger partial charge in [0.1, 0.15) is 5.75 Å². The van der Waals surface area contributed by atoms with E-state index < -0.39 is 0 Å². The van der Waals surface area contributed by atoms with E-state index in [0.29, 0.717) is 6.54 Å². The molecule has 1 saturated carbocycles. The van der Waals surface area contributed by atoms with Gasteiger partial charge >= 0.3 is 0 Å². The number of hydrogen-bond donors (Lipinski definition) is 1. The summed E-state index contributed by atoms with van der Waals surface area (Å²) < 4.78 is 5.53. The van der Waals surface area contributed by atoms with Crippen LogP contribution in [0.1, 0.15) is 37.7 Å². The summed E-state index contributed by atoms with van der Waals surface area (Å²) in [5, 5.41) is 7.45. The Kier molecular flexibility index (Phi) is 4.91. The summed E-state index contributed by atoms with van der Waals surface area (Å²) in [6, 6.07) is 7.97. The van der Waals surface area contributed by atoms with Crippen LogP contribution in [0.5, 0.6) is 5.75 Å². The first kappa shape index (κ1) is 18.0. The van der Waals surface area contributed by atoms with Crippen molar-refractivity contribution in [2.75, 3.05) is 27.2 Å². The summed E-state index contributed by atoms with van der Waals surface area (Å²) in [6.07, 6.45) is 7.98. The first-order valence-electron chi connectivity index (χ1n) is 9.78. The zero-order valence-electron chi connectivity index (χ0n) is 16.2. The number of nitrogens with zero attached hydrogens (tertiary/aromatic N) is 3. The van der Waals surface area contributed by atoms with Gasteiger partial charge in [-0.15, -0.1) is 0 Å². The summed E-state index contributed by atoms with van der Waals surface area (Å²) in [6.45, 7) is 2.03. The van der Waals surface area contributed by atoms with Crippen molar-refractivity contribution in [1.29, 1.82) is 0 Å². The summed E-state index contributed by atoms with van der Waals surface area (Å²) >= 11 is 0. The third kappa shape index (κ3) is 3.34. The van der Waals surface area contributed by atoms with Crippen LogP contribution in [0.4, 0.5) is 0 Å². The van der Waals surface area contributed by atoms with Gasteiger partial charge in [0, 0.05) is 36.8 Å². The number of carbonyl (C=O) groups is 1. The first-order valence-corrected chi connectivity index (χ1v) is 9.78. The molecule has 2 aliphatic rings. The molecule has 0 unspecified atom stereocenters. The molecule has 1 aliphatic heterocycles. The number of aromatic amines is 1. The van der Waals surface area contributed by atoms with E-state index in [1.807, 2.05) is 42.4 Å². The summed E-state index contributed by atoms with van der Waals surface area (Å²) in [5.74, 6) is 1.03. The van der Waals surface area contributed by atoms with Gasteiger partial charge in [-0.3, -0.25) is 14.8 Å². The van der Waals surface area contributed by atoms with E-state index in [4.69, 9.17) is 4.74 Å². The van der Waals surface area contributed by atoms with Crippen LogP contribution in [0.2, 0.25) is 0 Å². The highest BCUT2D eigenvalue weighted by Gasteiger charge is 2.44. The van der Waals surface area contributed by atoms with Gasteiger partial charge in [0.05, 0.1) is 25.5 Å². The van der Waals surface area contributed by atoms with Crippen molar-refractivity contribution < 1.29 is 9.53 Å². The van der Waals surface area contributed by atoms with E-state index >= 15 is 0 Å². The number of para-hydroxylation sites is 1. The molecule has 1 spiro atoms. The third-order valence-corrected chi connectivity index (χ3v) is 6.19. The standard InChI is InChI=1S/C21H28N4O2/c1-24-15-21(10-6-3-7-11-21)25(14-19(24)26)13-16-12-22-23-20(16)17-8-4-5-9-18(17)27-2/h4-5,8-9,12H,3,6-7,10-11,13-15H2,1-2H3,(H,22,23). The minimum absolute atomic E-state index is 0.0935.